The lowest BCUT2D eigenvalue weighted by Crippen LogP contribution is -2.00. The van der Waals surface area contributed by atoms with E-state index in [0.29, 0.717) is 53.4 Å². The van der Waals surface area contributed by atoms with Gasteiger partial charge in [-0.1, -0.05) is 26.7 Å². The standard InChI is InChI=1S/C18H18Br4O4/c1-3-5-7-9-11(19)15(25-17(9)23)13(21)14(22)16-12(20)10(8-6-4-2)18(24)26-16/h3-8H2,1-2H3/b15-13-,16-14-. The molecule has 142 valence electrons. The minimum Gasteiger partial charge on any atom is -0.421 e. The molecule has 0 aromatic carbocycles. The molecular formula is C18H18Br4O4. The van der Waals surface area contributed by atoms with Crippen molar-refractivity contribution in [1.29, 1.82) is 0 Å². The van der Waals surface area contributed by atoms with E-state index in [1.54, 1.807) is 0 Å². The lowest BCUT2D eigenvalue weighted by molar-refractivity contribution is -0.134. The third-order valence-electron chi connectivity index (χ3n) is 3.96. The van der Waals surface area contributed by atoms with E-state index in [2.05, 4.69) is 77.6 Å². The summed E-state index contributed by atoms with van der Waals surface area (Å²) in [7, 11) is 0. The van der Waals surface area contributed by atoms with E-state index in [4.69, 9.17) is 9.47 Å². The largest absolute Gasteiger partial charge is 0.421 e. The fourth-order valence-electron chi connectivity index (χ4n) is 2.46. The molecule has 0 unspecified atom stereocenters. The first-order valence-corrected chi connectivity index (χ1v) is 11.5. The molecule has 0 bridgehead atoms. The Bertz CT molecular complexity index is 695. The Kier molecular flexibility index (Phi) is 8.37. The summed E-state index contributed by atoms with van der Waals surface area (Å²) in [5.74, 6) is 0.0335. The van der Waals surface area contributed by atoms with Crippen LogP contribution in [0.15, 0.2) is 40.6 Å². The quantitative estimate of drug-likeness (QED) is 0.289. The van der Waals surface area contributed by atoms with Crippen molar-refractivity contribution < 1.29 is 19.1 Å². The Morgan fingerprint density at radius 2 is 1.12 bits per heavy atom. The summed E-state index contributed by atoms with van der Waals surface area (Å²) in [5, 5.41) is 0. The van der Waals surface area contributed by atoms with Crippen LogP contribution in [-0.2, 0) is 19.1 Å². The Balaban J connectivity index is 2.41. The number of hydrogen-bond acceptors (Lipinski definition) is 4. The number of carbonyl (C=O) groups excluding carboxylic acids is 2. The van der Waals surface area contributed by atoms with Gasteiger partial charge in [0.15, 0.2) is 11.5 Å². The molecule has 4 nitrogen and oxygen atoms in total. The number of cyclic esters (lactones) is 2. The van der Waals surface area contributed by atoms with Gasteiger partial charge in [0, 0.05) is 0 Å². The summed E-state index contributed by atoms with van der Waals surface area (Å²) in [6, 6.07) is 0. The highest BCUT2D eigenvalue weighted by molar-refractivity contribution is 9.15. The Hall–Kier alpha value is -0.180. The van der Waals surface area contributed by atoms with E-state index in [1.165, 1.54) is 0 Å². The van der Waals surface area contributed by atoms with Crippen molar-refractivity contribution in [3.8, 4) is 0 Å². The summed E-state index contributed by atoms with van der Waals surface area (Å²) in [6.07, 6.45) is 5.07. The van der Waals surface area contributed by atoms with E-state index < -0.39 is 0 Å². The molecule has 0 amide bonds. The highest BCUT2D eigenvalue weighted by atomic mass is 79.9. The highest BCUT2D eigenvalue weighted by Gasteiger charge is 2.34. The van der Waals surface area contributed by atoms with Gasteiger partial charge in [-0.3, -0.25) is 0 Å². The van der Waals surface area contributed by atoms with Crippen LogP contribution in [0.5, 0.6) is 0 Å². The lowest BCUT2D eigenvalue weighted by Gasteiger charge is -2.07. The van der Waals surface area contributed by atoms with Crippen molar-refractivity contribution in [3.63, 3.8) is 0 Å². The summed E-state index contributed by atoms with van der Waals surface area (Å²) in [4.78, 5) is 24.3. The van der Waals surface area contributed by atoms with Crippen LogP contribution in [0.2, 0.25) is 0 Å². The predicted molar refractivity (Wildman–Crippen MR) is 115 cm³/mol. The normalized spacial score (nSPS) is 21.5. The van der Waals surface area contributed by atoms with Crippen molar-refractivity contribution in [1.82, 2.24) is 0 Å². The van der Waals surface area contributed by atoms with Gasteiger partial charge in [-0.2, -0.15) is 0 Å². The van der Waals surface area contributed by atoms with Crippen molar-refractivity contribution in [2.24, 2.45) is 0 Å². The SMILES string of the molecule is CCCCC1=C(Br)/C(=C(Br)\C(Br)=C2\OC(=O)C(CCCC)=C2Br)OC1=O. The second-order valence-corrected chi connectivity index (χ2v) is 9.03. The Labute approximate surface area is 186 Å². The molecule has 0 N–H and O–H groups in total. The maximum atomic E-state index is 12.1. The molecule has 2 aliphatic heterocycles. The van der Waals surface area contributed by atoms with Crippen molar-refractivity contribution >= 4 is 75.7 Å². The summed E-state index contributed by atoms with van der Waals surface area (Å²) in [6.45, 7) is 4.13. The number of unbranched alkanes of at least 4 members (excludes halogenated alkanes) is 2. The topological polar surface area (TPSA) is 52.6 Å². The Morgan fingerprint density at radius 3 is 1.42 bits per heavy atom. The van der Waals surface area contributed by atoms with Gasteiger partial charge in [0.1, 0.15) is 0 Å². The van der Waals surface area contributed by atoms with Crippen LogP contribution in [0.25, 0.3) is 0 Å². The molecule has 26 heavy (non-hydrogen) atoms. The van der Waals surface area contributed by atoms with E-state index in [0.717, 1.165) is 25.7 Å². The van der Waals surface area contributed by atoms with Gasteiger partial charge in [0.2, 0.25) is 0 Å². The third kappa shape index (κ3) is 4.62. The molecule has 0 atom stereocenters. The zero-order chi connectivity index (χ0) is 19.4. The third-order valence-corrected chi connectivity index (χ3v) is 7.69. The number of halogens is 4. The summed E-state index contributed by atoms with van der Waals surface area (Å²) in [5.41, 5.74) is 1.23. The summed E-state index contributed by atoms with van der Waals surface area (Å²) < 4.78 is 13.1. The molecule has 0 aromatic rings. The number of allylic oxidation sites excluding steroid dienone is 4. The second-order valence-electron chi connectivity index (χ2n) is 5.86. The van der Waals surface area contributed by atoms with Crippen molar-refractivity contribution in [2.45, 2.75) is 52.4 Å². The maximum absolute atomic E-state index is 12.1. The van der Waals surface area contributed by atoms with Gasteiger partial charge in [0.05, 0.1) is 29.1 Å². The highest BCUT2D eigenvalue weighted by Crippen LogP contribution is 2.45. The Morgan fingerprint density at radius 1 is 0.769 bits per heavy atom. The smallest absolute Gasteiger partial charge is 0.340 e. The number of esters is 2. The number of hydrogen-bond donors (Lipinski definition) is 0. The van der Waals surface area contributed by atoms with Gasteiger partial charge in [-0.15, -0.1) is 0 Å². The molecule has 0 aliphatic carbocycles. The van der Waals surface area contributed by atoms with E-state index in [-0.39, 0.29) is 11.9 Å². The van der Waals surface area contributed by atoms with Crippen molar-refractivity contribution in [3.05, 3.63) is 40.6 Å². The molecule has 0 saturated carbocycles. The van der Waals surface area contributed by atoms with Crippen LogP contribution < -0.4 is 0 Å². The molecule has 0 saturated heterocycles. The fraction of sp³-hybridized carbons (Fsp3) is 0.444. The number of rotatable bonds is 7. The van der Waals surface area contributed by atoms with Crippen LogP contribution in [0.4, 0.5) is 0 Å². The maximum Gasteiger partial charge on any atom is 0.340 e. The van der Waals surface area contributed by atoms with Gasteiger partial charge < -0.3 is 9.47 Å². The predicted octanol–water partition coefficient (Wildman–Crippen LogP) is 6.99. The first-order chi connectivity index (χ1) is 12.3. The fourth-order valence-corrected chi connectivity index (χ4v) is 5.19. The first-order valence-electron chi connectivity index (χ1n) is 8.35. The molecule has 0 radical (unpaired) electrons. The minimum absolute atomic E-state index is 0.357. The average Bonchev–Trinajstić information content (AvgIpc) is 3.06. The number of ether oxygens (including phenoxy) is 2. The van der Waals surface area contributed by atoms with E-state index in [1.807, 2.05) is 0 Å². The van der Waals surface area contributed by atoms with E-state index >= 15 is 0 Å². The number of carbonyl (C=O) groups is 2. The average molecular weight is 618 g/mol. The van der Waals surface area contributed by atoms with Gasteiger partial charge in [-0.05, 0) is 89.4 Å². The molecule has 2 rings (SSSR count). The zero-order valence-corrected chi connectivity index (χ0v) is 20.7. The minimum atomic E-state index is -0.357. The van der Waals surface area contributed by atoms with Crippen LogP contribution >= 0.6 is 63.7 Å². The van der Waals surface area contributed by atoms with E-state index in [9.17, 15) is 9.59 Å². The molecule has 0 spiro atoms. The molecule has 0 aromatic heterocycles. The molecule has 0 fully saturated rings. The zero-order valence-electron chi connectivity index (χ0n) is 14.4. The summed E-state index contributed by atoms with van der Waals surface area (Å²) >= 11 is 13.9. The van der Waals surface area contributed by atoms with Crippen LogP contribution in [0.3, 0.4) is 0 Å². The lowest BCUT2D eigenvalue weighted by atomic mass is 10.1. The monoisotopic (exact) mass is 614 g/mol. The van der Waals surface area contributed by atoms with Crippen LogP contribution in [0, 0.1) is 0 Å². The van der Waals surface area contributed by atoms with Gasteiger partial charge in [-0.25, -0.2) is 9.59 Å². The molecule has 2 heterocycles. The molecular weight excluding hydrogens is 600 g/mol. The van der Waals surface area contributed by atoms with Gasteiger partial charge >= 0.3 is 11.9 Å². The molecule has 2 aliphatic rings. The molecule has 8 heteroatoms. The van der Waals surface area contributed by atoms with Crippen LogP contribution in [0.1, 0.15) is 52.4 Å². The first kappa shape index (κ1) is 22.1. The second kappa shape index (κ2) is 9.85. The van der Waals surface area contributed by atoms with Crippen molar-refractivity contribution in [2.75, 3.05) is 0 Å². The van der Waals surface area contributed by atoms with Gasteiger partial charge in [0.25, 0.3) is 0 Å². The van der Waals surface area contributed by atoms with Crippen LogP contribution in [-0.4, -0.2) is 11.9 Å².